The van der Waals surface area contributed by atoms with Gasteiger partial charge in [-0.25, -0.2) is 16.8 Å². The molecule has 1 aliphatic heterocycles. The van der Waals surface area contributed by atoms with E-state index in [2.05, 4.69) is 8.75 Å². The Labute approximate surface area is 174 Å². The maximum Gasteiger partial charge on any atom is 0.245 e. The van der Waals surface area contributed by atoms with Crippen molar-refractivity contribution in [3.05, 3.63) is 47.5 Å². The van der Waals surface area contributed by atoms with Gasteiger partial charge in [0.05, 0.1) is 16.6 Å². The molecular weight excluding hydrogens is 432 g/mol. The number of aromatic nitrogens is 2. The van der Waals surface area contributed by atoms with E-state index in [1.807, 2.05) is 13.8 Å². The first-order valence-corrected chi connectivity index (χ1v) is 12.6. The zero-order valence-corrected chi connectivity index (χ0v) is 18.4. The van der Waals surface area contributed by atoms with Crippen molar-refractivity contribution < 1.29 is 16.8 Å². The number of benzene rings is 2. The molecule has 1 saturated heterocycles. The van der Waals surface area contributed by atoms with Gasteiger partial charge >= 0.3 is 0 Å². The fourth-order valence-corrected chi connectivity index (χ4v) is 6.99. The second-order valence-electron chi connectivity index (χ2n) is 6.94. The van der Waals surface area contributed by atoms with Crippen LogP contribution in [0.1, 0.15) is 11.1 Å². The monoisotopic (exact) mass is 452 g/mol. The minimum absolute atomic E-state index is 0.0837. The molecule has 0 atom stereocenters. The van der Waals surface area contributed by atoms with Gasteiger partial charge in [0.1, 0.15) is 15.9 Å². The third-order valence-corrected chi connectivity index (χ3v) is 9.55. The van der Waals surface area contributed by atoms with Crippen molar-refractivity contribution in [3.63, 3.8) is 0 Å². The molecular formula is C18H20N4O4S3. The van der Waals surface area contributed by atoms with Gasteiger partial charge in [-0.15, -0.1) is 0 Å². The lowest BCUT2D eigenvalue weighted by molar-refractivity contribution is 0.273. The van der Waals surface area contributed by atoms with E-state index < -0.39 is 20.0 Å². The zero-order chi connectivity index (χ0) is 20.8. The quantitative estimate of drug-likeness (QED) is 0.600. The second-order valence-corrected chi connectivity index (χ2v) is 11.3. The predicted molar refractivity (Wildman–Crippen MR) is 111 cm³/mol. The van der Waals surface area contributed by atoms with Gasteiger partial charge in [0, 0.05) is 26.2 Å². The maximum atomic E-state index is 13.1. The lowest BCUT2D eigenvalue weighted by Gasteiger charge is -2.33. The van der Waals surface area contributed by atoms with Crippen LogP contribution in [0.3, 0.4) is 0 Å². The number of hydrogen-bond acceptors (Lipinski definition) is 7. The summed E-state index contributed by atoms with van der Waals surface area (Å²) in [5, 5.41) is 0. The van der Waals surface area contributed by atoms with E-state index in [1.54, 1.807) is 30.3 Å². The van der Waals surface area contributed by atoms with Crippen LogP contribution in [-0.2, 0) is 20.0 Å². The van der Waals surface area contributed by atoms with Crippen LogP contribution in [0.5, 0.6) is 0 Å². The van der Waals surface area contributed by atoms with Gasteiger partial charge in [-0.1, -0.05) is 12.1 Å². The van der Waals surface area contributed by atoms with Crippen LogP contribution in [0.15, 0.2) is 46.2 Å². The fraction of sp³-hybridized carbons (Fsp3) is 0.333. The number of hydrogen-bond donors (Lipinski definition) is 0. The molecule has 0 saturated carbocycles. The third kappa shape index (κ3) is 3.57. The molecule has 3 aromatic rings. The van der Waals surface area contributed by atoms with Crippen LogP contribution in [0.2, 0.25) is 0 Å². The van der Waals surface area contributed by atoms with Gasteiger partial charge in [0.15, 0.2) is 0 Å². The highest BCUT2D eigenvalue weighted by molar-refractivity contribution is 7.89. The SMILES string of the molecule is Cc1ccc(S(=O)(=O)N2CCN(S(=O)(=O)c3cccc4nsnc34)CC2)cc1C. The summed E-state index contributed by atoms with van der Waals surface area (Å²) in [7, 11) is -7.46. The van der Waals surface area contributed by atoms with Crippen molar-refractivity contribution in [2.75, 3.05) is 26.2 Å². The van der Waals surface area contributed by atoms with E-state index in [0.29, 0.717) is 11.0 Å². The largest absolute Gasteiger partial charge is 0.245 e. The van der Waals surface area contributed by atoms with Gasteiger partial charge in [0.2, 0.25) is 20.0 Å². The van der Waals surface area contributed by atoms with Gasteiger partial charge in [-0.2, -0.15) is 17.4 Å². The first kappa shape index (κ1) is 20.4. The molecule has 0 N–H and O–H groups in total. The first-order valence-electron chi connectivity index (χ1n) is 9.00. The number of rotatable bonds is 4. The molecule has 0 aliphatic carbocycles. The van der Waals surface area contributed by atoms with Crippen molar-refractivity contribution >= 4 is 42.8 Å². The Morgan fingerprint density at radius 2 is 1.48 bits per heavy atom. The van der Waals surface area contributed by atoms with Crippen LogP contribution in [0, 0.1) is 13.8 Å². The van der Waals surface area contributed by atoms with Crippen LogP contribution >= 0.6 is 11.7 Å². The average molecular weight is 453 g/mol. The number of piperazine rings is 1. The van der Waals surface area contributed by atoms with Crippen molar-refractivity contribution in [3.8, 4) is 0 Å². The van der Waals surface area contributed by atoms with Crippen LogP contribution in [0.4, 0.5) is 0 Å². The van der Waals surface area contributed by atoms with Crippen LogP contribution in [0.25, 0.3) is 11.0 Å². The molecule has 1 aliphatic rings. The molecule has 0 spiro atoms. The van der Waals surface area contributed by atoms with Crippen LogP contribution in [-0.4, -0.2) is 60.4 Å². The van der Waals surface area contributed by atoms with Gasteiger partial charge < -0.3 is 0 Å². The Morgan fingerprint density at radius 3 is 2.14 bits per heavy atom. The van der Waals surface area contributed by atoms with Gasteiger partial charge in [0.25, 0.3) is 0 Å². The van der Waals surface area contributed by atoms with Crippen LogP contribution < -0.4 is 0 Å². The molecule has 11 heteroatoms. The average Bonchev–Trinajstić information content (AvgIpc) is 3.18. The smallest absolute Gasteiger partial charge is 0.207 e. The van der Waals surface area contributed by atoms with E-state index in [4.69, 9.17) is 0 Å². The molecule has 0 unspecified atom stereocenters. The van der Waals surface area contributed by atoms with E-state index >= 15 is 0 Å². The molecule has 0 radical (unpaired) electrons. The molecule has 4 rings (SSSR count). The Balaban J connectivity index is 1.56. The highest BCUT2D eigenvalue weighted by atomic mass is 32.2. The number of fused-ring (bicyclic) bond motifs is 1. The third-order valence-electron chi connectivity index (χ3n) is 5.18. The predicted octanol–water partition coefficient (Wildman–Crippen LogP) is 2.00. The summed E-state index contributed by atoms with van der Waals surface area (Å²) >= 11 is 0.963. The molecule has 0 bridgehead atoms. The molecule has 1 fully saturated rings. The summed E-state index contributed by atoms with van der Waals surface area (Å²) in [5.41, 5.74) is 2.80. The van der Waals surface area contributed by atoms with E-state index in [9.17, 15) is 16.8 Å². The molecule has 2 aromatic carbocycles. The summed E-state index contributed by atoms with van der Waals surface area (Å²) in [4.78, 5) is 0.337. The lowest BCUT2D eigenvalue weighted by atomic mass is 10.1. The second kappa shape index (κ2) is 7.40. The summed E-state index contributed by atoms with van der Waals surface area (Å²) in [6, 6.07) is 9.90. The van der Waals surface area contributed by atoms with Crippen molar-refractivity contribution in [1.29, 1.82) is 0 Å². The molecule has 1 aromatic heterocycles. The normalized spacial score (nSPS) is 17.0. The number of aryl methyl sites for hydroxylation is 2. The Bertz CT molecular complexity index is 1280. The Hall–Kier alpha value is -1.92. The Morgan fingerprint density at radius 1 is 0.828 bits per heavy atom. The minimum atomic E-state index is -3.79. The highest BCUT2D eigenvalue weighted by Gasteiger charge is 2.35. The Kier molecular flexibility index (Phi) is 5.20. The molecule has 29 heavy (non-hydrogen) atoms. The topological polar surface area (TPSA) is 101 Å². The molecule has 154 valence electrons. The van der Waals surface area contributed by atoms with Crippen molar-refractivity contribution in [1.82, 2.24) is 17.4 Å². The molecule has 8 nitrogen and oxygen atoms in total. The molecule has 2 heterocycles. The van der Waals surface area contributed by atoms with Crippen molar-refractivity contribution in [2.24, 2.45) is 0 Å². The van der Waals surface area contributed by atoms with E-state index in [1.165, 1.54) is 14.7 Å². The maximum absolute atomic E-state index is 13.1. The van der Waals surface area contributed by atoms with E-state index in [0.717, 1.165) is 22.9 Å². The number of nitrogens with zero attached hydrogens (tertiary/aromatic N) is 4. The highest BCUT2D eigenvalue weighted by Crippen LogP contribution is 2.26. The first-order chi connectivity index (χ1) is 13.7. The summed E-state index contributed by atoms with van der Waals surface area (Å²) < 4.78 is 63.0. The standard InChI is InChI=1S/C18H20N4O4S3/c1-13-6-7-15(12-14(13)2)28(23,24)21-8-10-22(11-9-21)29(25,26)17-5-3-4-16-18(17)20-27-19-16/h3-7,12H,8-11H2,1-2H3. The summed E-state index contributed by atoms with van der Waals surface area (Å²) in [6.45, 7) is 4.15. The van der Waals surface area contributed by atoms with Gasteiger partial charge in [-0.05, 0) is 49.2 Å². The lowest BCUT2D eigenvalue weighted by Crippen LogP contribution is -2.50. The summed E-state index contributed by atoms with van der Waals surface area (Å²) in [5.74, 6) is 0. The fourth-order valence-electron chi connectivity index (χ4n) is 3.30. The zero-order valence-electron chi connectivity index (χ0n) is 15.9. The van der Waals surface area contributed by atoms with E-state index in [-0.39, 0.29) is 36.0 Å². The molecule has 0 amide bonds. The number of sulfonamides is 2. The van der Waals surface area contributed by atoms with Crippen molar-refractivity contribution in [2.45, 2.75) is 23.6 Å². The summed E-state index contributed by atoms with van der Waals surface area (Å²) in [6.07, 6.45) is 0. The minimum Gasteiger partial charge on any atom is -0.207 e. The van der Waals surface area contributed by atoms with Gasteiger partial charge in [-0.3, -0.25) is 0 Å².